The molecular weight excluding hydrogens is 256 g/mol. The van der Waals surface area contributed by atoms with Crippen LogP contribution in [0, 0.1) is 10.1 Å². The van der Waals surface area contributed by atoms with E-state index in [-0.39, 0.29) is 24.3 Å². The van der Waals surface area contributed by atoms with Gasteiger partial charge in [0, 0.05) is 17.7 Å². The zero-order chi connectivity index (χ0) is 14.0. The molecule has 1 heterocycles. The number of esters is 2. The highest BCUT2D eigenvalue weighted by Crippen LogP contribution is 2.14. The van der Waals surface area contributed by atoms with E-state index < -0.39 is 22.8 Å². The number of hydrogen-bond acceptors (Lipinski definition) is 6. The minimum absolute atomic E-state index is 0.148. The Morgan fingerprint density at radius 3 is 2.16 bits per heavy atom. The lowest BCUT2D eigenvalue weighted by Gasteiger charge is -2.24. The average molecular weight is 264 g/mol. The van der Waals surface area contributed by atoms with E-state index in [0.717, 1.165) is 4.90 Å². The third-order valence-electron chi connectivity index (χ3n) is 2.48. The summed E-state index contributed by atoms with van der Waals surface area (Å²) in [6, 6.07) is 4.89. The van der Waals surface area contributed by atoms with Crippen LogP contribution < -0.4 is 0 Å². The van der Waals surface area contributed by atoms with Gasteiger partial charge in [0.25, 0.3) is 11.6 Å². The summed E-state index contributed by atoms with van der Waals surface area (Å²) in [6.45, 7) is -0.636. The van der Waals surface area contributed by atoms with Crippen LogP contribution in [-0.4, -0.2) is 40.8 Å². The first kappa shape index (κ1) is 12.7. The zero-order valence-corrected chi connectivity index (χ0v) is 9.57. The van der Waals surface area contributed by atoms with E-state index in [9.17, 15) is 24.5 Å². The molecule has 8 nitrogen and oxygen atoms in total. The molecule has 0 radical (unpaired) electrons. The molecule has 19 heavy (non-hydrogen) atoms. The highest BCUT2D eigenvalue weighted by molar-refractivity contribution is 6.01. The second-order valence-electron chi connectivity index (χ2n) is 3.81. The molecule has 1 aromatic rings. The van der Waals surface area contributed by atoms with Crippen LogP contribution in [0.5, 0.6) is 0 Å². The fourth-order valence-electron chi connectivity index (χ4n) is 1.61. The Bertz CT molecular complexity index is 549. The summed E-state index contributed by atoms with van der Waals surface area (Å²) in [4.78, 5) is 45.0. The van der Waals surface area contributed by atoms with Gasteiger partial charge < -0.3 is 9.64 Å². The molecular formula is C11H8N2O6. The van der Waals surface area contributed by atoms with Crippen molar-refractivity contribution in [3.05, 3.63) is 39.9 Å². The highest BCUT2D eigenvalue weighted by atomic mass is 16.6. The second kappa shape index (κ2) is 4.84. The normalized spacial score (nSPS) is 15.1. The predicted octanol–water partition coefficient (Wildman–Crippen LogP) is 0.120. The average Bonchev–Trinajstić information content (AvgIpc) is 2.37. The third kappa shape index (κ3) is 2.73. The Balaban J connectivity index is 2.17. The number of hydrogen-bond donors (Lipinski definition) is 0. The number of carbonyl (C=O) groups is 3. The van der Waals surface area contributed by atoms with Crippen LogP contribution in [0.25, 0.3) is 0 Å². The molecule has 0 unspecified atom stereocenters. The van der Waals surface area contributed by atoms with Gasteiger partial charge in [-0.1, -0.05) is 0 Å². The van der Waals surface area contributed by atoms with Crippen molar-refractivity contribution in [2.45, 2.75) is 0 Å². The molecule has 0 saturated carbocycles. The third-order valence-corrected chi connectivity index (χ3v) is 2.48. The first-order chi connectivity index (χ1) is 8.97. The molecule has 98 valence electrons. The van der Waals surface area contributed by atoms with Crippen molar-refractivity contribution in [3.63, 3.8) is 0 Å². The standard InChI is InChI=1S/C11H8N2O6/c14-9-5-12(6-10(15)19-9)11(16)7-1-3-8(4-2-7)13(17)18/h1-4H,5-6H2. The van der Waals surface area contributed by atoms with E-state index in [2.05, 4.69) is 4.74 Å². The maximum absolute atomic E-state index is 12.0. The van der Waals surface area contributed by atoms with Gasteiger partial charge in [-0.3, -0.25) is 14.9 Å². The molecule has 0 aliphatic carbocycles. The number of nitro benzene ring substituents is 1. The number of benzene rings is 1. The van der Waals surface area contributed by atoms with Crippen molar-refractivity contribution >= 4 is 23.5 Å². The Hall–Kier alpha value is -2.77. The molecule has 0 spiro atoms. The summed E-state index contributed by atoms with van der Waals surface area (Å²) in [5.74, 6) is -2.15. The van der Waals surface area contributed by atoms with Gasteiger partial charge in [0.2, 0.25) is 0 Å². The lowest BCUT2D eigenvalue weighted by Crippen LogP contribution is -2.46. The Kier molecular flexibility index (Phi) is 3.23. The molecule has 1 amide bonds. The highest BCUT2D eigenvalue weighted by Gasteiger charge is 2.29. The number of cyclic esters (lactones) is 2. The molecule has 0 N–H and O–H groups in total. The van der Waals surface area contributed by atoms with E-state index in [0.29, 0.717) is 0 Å². The van der Waals surface area contributed by atoms with Crippen LogP contribution in [0.1, 0.15) is 10.4 Å². The number of nitro groups is 1. The van der Waals surface area contributed by atoms with Crippen LogP contribution in [0.3, 0.4) is 0 Å². The Morgan fingerprint density at radius 1 is 1.16 bits per heavy atom. The lowest BCUT2D eigenvalue weighted by molar-refractivity contribution is -0.384. The molecule has 1 aromatic carbocycles. The number of morpholine rings is 1. The quantitative estimate of drug-likeness (QED) is 0.325. The fourth-order valence-corrected chi connectivity index (χ4v) is 1.61. The summed E-state index contributed by atoms with van der Waals surface area (Å²) in [5, 5.41) is 10.5. The van der Waals surface area contributed by atoms with Crippen molar-refractivity contribution in [1.29, 1.82) is 0 Å². The largest absolute Gasteiger partial charge is 0.390 e. The topological polar surface area (TPSA) is 107 Å². The number of nitrogens with zero attached hydrogens (tertiary/aromatic N) is 2. The van der Waals surface area contributed by atoms with E-state index in [1.165, 1.54) is 24.3 Å². The van der Waals surface area contributed by atoms with Gasteiger partial charge in [0.05, 0.1) is 4.92 Å². The fraction of sp³-hybridized carbons (Fsp3) is 0.182. The number of ether oxygens (including phenoxy) is 1. The van der Waals surface area contributed by atoms with Gasteiger partial charge in [-0.25, -0.2) is 9.59 Å². The molecule has 0 atom stereocenters. The van der Waals surface area contributed by atoms with Crippen molar-refractivity contribution in [2.75, 3.05) is 13.1 Å². The van der Waals surface area contributed by atoms with Crippen LogP contribution in [0.15, 0.2) is 24.3 Å². The first-order valence-corrected chi connectivity index (χ1v) is 5.24. The summed E-state index contributed by atoms with van der Waals surface area (Å²) in [6.07, 6.45) is 0. The Labute approximate surface area is 106 Å². The predicted molar refractivity (Wildman–Crippen MR) is 60.1 cm³/mol. The minimum atomic E-state index is -0.800. The molecule has 1 aliphatic rings. The molecule has 0 aromatic heterocycles. The van der Waals surface area contributed by atoms with E-state index >= 15 is 0 Å². The lowest BCUT2D eigenvalue weighted by atomic mass is 10.1. The van der Waals surface area contributed by atoms with Gasteiger partial charge in [0.1, 0.15) is 13.1 Å². The van der Waals surface area contributed by atoms with Crippen molar-refractivity contribution < 1.29 is 24.0 Å². The molecule has 8 heteroatoms. The molecule has 2 rings (SSSR count). The van der Waals surface area contributed by atoms with Gasteiger partial charge in [-0.15, -0.1) is 0 Å². The van der Waals surface area contributed by atoms with Crippen LogP contribution in [-0.2, 0) is 14.3 Å². The molecule has 1 fully saturated rings. The number of rotatable bonds is 2. The monoisotopic (exact) mass is 264 g/mol. The number of non-ortho nitro benzene ring substituents is 1. The maximum Gasteiger partial charge on any atom is 0.333 e. The van der Waals surface area contributed by atoms with Gasteiger partial charge in [-0.2, -0.15) is 0 Å². The van der Waals surface area contributed by atoms with Crippen molar-refractivity contribution in [1.82, 2.24) is 4.90 Å². The van der Waals surface area contributed by atoms with E-state index in [4.69, 9.17) is 0 Å². The summed E-state index contributed by atoms with van der Waals surface area (Å²) in [7, 11) is 0. The van der Waals surface area contributed by atoms with Gasteiger partial charge >= 0.3 is 11.9 Å². The molecule has 0 bridgehead atoms. The Morgan fingerprint density at radius 2 is 1.68 bits per heavy atom. The number of amides is 1. The van der Waals surface area contributed by atoms with Crippen LogP contribution in [0.2, 0.25) is 0 Å². The SMILES string of the molecule is O=C1CN(C(=O)c2ccc([N+](=O)[O-])cc2)CC(=O)O1. The summed E-state index contributed by atoms with van der Waals surface area (Å²) in [5.41, 5.74) is 0.0128. The van der Waals surface area contributed by atoms with Gasteiger partial charge in [-0.05, 0) is 12.1 Å². The second-order valence-corrected chi connectivity index (χ2v) is 3.81. The van der Waals surface area contributed by atoms with E-state index in [1.807, 2.05) is 0 Å². The van der Waals surface area contributed by atoms with Crippen LogP contribution in [0.4, 0.5) is 5.69 Å². The van der Waals surface area contributed by atoms with Crippen molar-refractivity contribution in [3.8, 4) is 0 Å². The van der Waals surface area contributed by atoms with Gasteiger partial charge in [0.15, 0.2) is 0 Å². The maximum atomic E-state index is 12.0. The zero-order valence-electron chi connectivity index (χ0n) is 9.57. The van der Waals surface area contributed by atoms with Crippen LogP contribution >= 0.6 is 0 Å². The van der Waals surface area contributed by atoms with Crippen molar-refractivity contribution in [2.24, 2.45) is 0 Å². The summed E-state index contributed by atoms with van der Waals surface area (Å²) < 4.78 is 4.29. The van der Waals surface area contributed by atoms with E-state index in [1.54, 1.807) is 0 Å². The first-order valence-electron chi connectivity index (χ1n) is 5.24. The number of carbonyl (C=O) groups excluding carboxylic acids is 3. The molecule has 1 saturated heterocycles. The smallest absolute Gasteiger partial charge is 0.333 e. The summed E-state index contributed by atoms with van der Waals surface area (Å²) >= 11 is 0. The minimum Gasteiger partial charge on any atom is -0.390 e. The molecule has 1 aliphatic heterocycles.